The summed E-state index contributed by atoms with van der Waals surface area (Å²) in [7, 11) is 1.56. The molecule has 3 aromatic rings. The highest BCUT2D eigenvalue weighted by molar-refractivity contribution is 6.48. The molecule has 0 spiro atoms. The molecule has 0 saturated carbocycles. The predicted octanol–water partition coefficient (Wildman–Crippen LogP) is 3.61. The third-order valence-electron chi connectivity index (χ3n) is 3.97. The normalized spacial score (nSPS) is 10.6. The third kappa shape index (κ3) is 2.88. The summed E-state index contributed by atoms with van der Waals surface area (Å²) in [5.74, 6) is -0.619. The molecule has 5 nitrogen and oxygen atoms in total. The van der Waals surface area contributed by atoms with Gasteiger partial charge in [-0.3, -0.25) is 9.59 Å². The van der Waals surface area contributed by atoms with E-state index in [1.165, 1.54) is 0 Å². The number of carbonyl (C=O) groups excluding carboxylic acids is 2. The number of Topliss-reactive ketones (excluding diaryl/α,β-unsaturated/α-hetero) is 1. The molecule has 1 heterocycles. The van der Waals surface area contributed by atoms with Crippen molar-refractivity contribution in [3.63, 3.8) is 0 Å². The Labute approximate surface area is 139 Å². The van der Waals surface area contributed by atoms with Gasteiger partial charge in [0.05, 0.1) is 12.7 Å². The smallest absolute Gasteiger partial charge is 0.296 e. The van der Waals surface area contributed by atoms with Crippen LogP contribution in [-0.2, 0) is 4.79 Å². The first-order chi connectivity index (χ1) is 11.5. The number of hydrogen-bond acceptors (Lipinski definition) is 3. The zero-order valence-electron chi connectivity index (χ0n) is 13.8. The third-order valence-corrected chi connectivity index (χ3v) is 3.97. The number of nitrogens with one attached hydrogen (secondary N) is 2. The molecular formula is C19H18N2O3. The van der Waals surface area contributed by atoms with Crippen LogP contribution in [-0.4, -0.2) is 23.8 Å². The van der Waals surface area contributed by atoms with Crippen molar-refractivity contribution in [3.05, 3.63) is 59.3 Å². The SMILES string of the molecule is COc1ccc2[nH]cc(C(=O)C(=O)Nc3ccc(C)cc3C)c2c1. The fourth-order valence-electron chi connectivity index (χ4n) is 2.67. The number of H-pyrrole nitrogens is 1. The van der Waals surface area contributed by atoms with Crippen LogP contribution in [0.25, 0.3) is 10.9 Å². The summed E-state index contributed by atoms with van der Waals surface area (Å²) in [5.41, 5.74) is 3.75. The van der Waals surface area contributed by atoms with Crippen LogP contribution in [0.5, 0.6) is 5.75 Å². The number of ether oxygens (including phenoxy) is 1. The second-order valence-electron chi connectivity index (χ2n) is 5.72. The van der Waals surface area contributed by atoms with Gasteiger partial charge in [0, 0.05) is 22.8 Å². The minimum absolute atomic E-state index is 0.325. The number of aromatic amines is 1. The number of hydrogen-bond donors (Lipinski definition) is 2. The Morgan fingerprint density at radius 1 is 1.08 bits per heavy atom. The lowest BCUT2D eigenvalue weighted by atomic mass is 10.1. The molecule has 0 fully saturated rings. The molecule has 0 saturated heterocycles. The monoisotopic (exact) mass is 322 g/mol. The zero-order chi connectivity index (χ0) is 17.3. The maximum atomic E-state index is 12.5. The van der Waals surface area contributed by atoms with Crippen molar-refractivity contribution in [1.82, 2.24) is 4.98 Å². The van der Waals surface area contributed by atoms with Crippen LogP contribution in [0.15, 0.2) is 42.6 Å². The van der Waals surface area contributed by atoms with E-state index in [1.807, 2.05) is 32.0 Å². The average Bonchev–Trinajstić information content (AvgIpc) is 2.99. The molecule has 3 rings (SSSR count). The lowest BCUT2D eigenvalue weighted by molar-refractivity contribution is -0.112. The van der Waals surface area contributed by atoms with Gasteiger partial charge in [-0.25, -0.2) is 0 Å². The van der Waals surface area contributed by atoms with Gasteiger partial charge in [0.2, 0.25) is 0 Å². The van der Waals surface area contributed by atoms with Crippen molar-refractivity contribution >= 4 is 28.3 Å². The number of rotatable bonds is 4. The Hall–Kier alpha value is -3.08. The topological polar surface area (TPSA) is 71.2 Å². The number of methoxy groups -OCH3 is 1. The molecule has 1 amide bonds. The Balaban J connectivity index is 1.89. The van der Waals surface area contributed by atoms with Crippen molar-refractivity contribution in [2.75, 3.05) is 12.4 Å². The molecule has 0 radical (unpaired) electrons. The Morgan fingerprint density at radius 3 is 2.58 bits per heavy atom. The van der Waals surface area contributed by atoms with E-state index >= 15 is 0 Å². The number of carbonyl (C=O) groups is 2. The van der Waals surface area contributed by atoms with Crippen LogP contribution < -0.4 is 10.1 Å². The minimum Gasteiger partial charge on any atom is -0.497 e. The van der Waals surface area contributed by atoms with Crippen LogP contribution in [0.1, 0.15) is 21.5 Å². The average molecular weight is 322 g/mol. The summed E-state index contributed by atoms with van der Waals surface area (Å²) in [6, 6.07) is 11.0. The van der Waals surface area contributed by atoms with Gasteiger partial charge < -0.3 is 15.0 Å². The standard InChI is InChI=1S/C19H18N2O3/c1-11-4-6-16(12(2)8-11)21-19(23)18(22)15-10-20-17-7-5-13(24-3)9-14(15)17/h4-10,20H,1-3H3,(H,21,23). The molecule has 0 aliphatic heterocycles. The zero-order valence-corrected chi connectivity index (χ0v) is 13.8. The van der Waals surface area contributed by atoms with Gasteiger partial charge in [0.1, 0.15) is 5.75 Å². The number of benzene rings is 2. The van der Waals surface area contributed by atoms with E-state index in [-0.39, 0.29) is 0 Å². The largest absolute Gasteiger partial charge is 0.497 e. The first-order valence-electron chi connectivity index (χ1n) is 7.57. The summed E-state index contributed by atoms with van der Waals surface area (Å²) in [6.45, 7) is 3.87. The lowest BCUT2D eigenvalue weighted by Crippen LogP contribution is -2.23. The van der Waals surface area contributed by atoms with Gasteiger partial charge in [-0.15, -0.1) is 0 Å². The van der Waals surface area contributed by atoms with Gasteiger partial charge in [-0.1, -0.05) is 17.7 Å². The van der Waals surface area contributed by atoms with Gasteiger partial charge in [-0.05, 0) is 43.7 Å². The first kappa shape index (κ1) is 15.8. The van der Waals surface area contributed by atoms with Crippen molar-refractivity contribution in [3.8, 4) is 5.75 Å². The molecule has 2 aromatic carbocycles. The van der Waals surface area contributed by atoms with E-state index in [1.54, 1.807) is 31.5 Å². The van der Waals surface area contributed by atoms with E-state index < -0.39 is 11.7 Å². The highest BCUT2D eigenvalue weighted by Crippen LogP contribution is 2.24. The van der Waals surface area contributed by atoms with Gasteiger partial charge in [0.25, 0.3) is 11.7 Å². The summed E-state index contributed by atoms with van der Waals surface area (Å²) >= 11 is 0. The summed E-state index contributed by atoms with van der Waals surface area (Å²) in [6.07, 6.45) is 1.55. The van der Waals surface area contributed by atoms with Crippen molar-refractivity contribution in [2.24, 2.45) is 0 Å². The number of aromatic nitrogens is 1. The number of aryl methyl sites for hydroxylation is 2. The molecule has 0 aliphatic carbocycles. The van der Waals surface area contributed by atoms with Crippen LogP contribution in [0.3, 0.4) is 0 Å². The molecule has 0 atom stereocenters. The highest BCUT2D eigenvalue weighted by atomic mass is 16.5. The van der Waals surface area contributed by atoms with Crippen molar-refractivity contribution < 1.29 is 14.3 Å². The summed E-state index contributed by atoms with van der Waals surface area (Å²) < 4.78 is 5.18. The maximum Gasteiger partial charge on any atom is 0.296 e. The van der Waals surface area contributed by atoms with Crippen LogP contribution in [0.4, 0.5) is 5.69 Å². The Morgan fingerprint density at radius 2 is 1.88 bits per heavy atom. The first-order valence-corrected chi connectivity index (χ1v) is 7.57. The summed E-state index contributed by atoms with van der Waals surface area (Å²) in [4.78, 5) is 27.9. The number of amides is 1. The molecule has 0 aliphatic rings. The molecule has 0 unspecified atom stereocenters. The van der Waals surface area contributed by atoms with Gasteiger partial charge in [0.15, 0.2) is 0 Å². The van der Waals surface area contributed by atoms with Crippen LogP contribution >= 0.6 is 0 Å². The maximum absolute atomic E-state index is 12.5. The predicted molar refractivity (Wildman–Crippen MR) is 93.7 cm³/mol. The van der Waals surface area contributed by atoms with E-state index in [9.17, 15) is 9.59 Å². The van der Waals surface area contributed by atoms with Crippen molar-refractivity contribution in [2.45, 2.75) is 13.8 Å². The van der Waals surface area contributed by atoms with Gasteiger partial charge >= 0.3 is 0 Å². The van der Waals surface area contributed by atoms with Crippen LogP contribution in [0, 0.1) is 13.8 Å². The number of ketones is 1. The van der Waals surface area contributed by atoms with E-state index in [0.717, 1.165) is 16.6 Å². The second-order valence-corrected chi connectivity index (χ2v) is 5.72. The van der Waals surface area contributed by atoms with E-state index in [0.29, 0.717) is 22.4 Å². The lowest BCUT2D eigenvalue weighted by Gasteiger charge is -2.08. The molecule has 0 bridgehead atoms. The molecule has 1 aromatic heterocycles. The van der Waals surface area contributed by atoms with E-state index in [4.69, 9.17) is 4.74 Å². The quantitative estimate of drug-likeness (QED) is 0.569. The Bertz CT molecular complexity index is 941. The van der Waals surface area contributed by atoms with Crippen molar-refractivity contribution in [1.29, 1.82) is 0 Å². The van der Waals surface area contributed by atoms with Gasteiger partial charge in [-0.2, -0.15) is 0 Å². The molecule has 2 N–H and O–H groups in total. The van der Waals surface area contributed by atoms with E-state index in [2.05, 4.69) is 10.3 Å². The fraction of sp³-hybridized carbons (Fsp3) is 0.158. The molecule has 24 heavy (non-hydrogen) atoms. The number of anilines is 1. The second kappa shape index (κ2) is 6.20. The summed E-state index contributed by atoms with van der Waals surface area (Å²) in [5, 5.41) is 3.35. The minimum atomic E-state index is -0.661. The molecular weight excluding hydrogens is 304 g/mol. The Kier molecular flexibility index (Phi) is 4.08. The number of fused-ring (bicyclic) bond motifs is 1. The molecule has 122 valence electrons. The highest BCUT2D eigenvalue weighted by Gasteiger charge is 2.21. The van der Waals surface area contributed by atoms with Crippen LogP contribution in [0.2, 0.25) is 0 Å². The molecule has 5 heteroatoms. The fourth-order valence-corrected chi connectivity index (χ4v) is 2.67.